The molecular formula is C21H26N2O5S2. The average molecular weight is 451 g/mol. The van der Waals surface area contributed by atoms with Crippen LogP contribution in [0.25, 0.3) is 0 Å². The Morgan fingerprint density at radius 1 is 1.10 bits per heavy atom. The van der Waals surface area contributed by atoms with Gasteiger partial charge in [0.1, 0.15) is 0 Å². The summed E-state index contributed by atoms with van der Waals surface area (Å²) in [6, 6.07) is 9.23. The Morgan fingerprint density at radius 2 is 1.80 bits per heavy atom. The number of hydrogen-bond acceptors (Lipinski definition) is 6. The third-order valence-electron chi connectivity index (χ3n) is 4.26. The zero-order valence-corrected chi connectivity index (χ0v) is 19.2. The minimum absolute atomic E-state index is 0.000272. The number of carbonyl (C=O) groups is 2. The Hall–Kier alpha value is -2.52. The van der Waals surface area contributed by atoms with Crippen molar-refractivity contribution in [1.29, 1.82) is 0 Å². The molecule has 7 nitrogen and oxygen atoms in total. The predicted octanol–water partition coefficient (Wildman–Crippen LogP) is 4.29. The van der Waals surface area contributed by atoms with Crippen molar-refractivity contribution in [3.63, 3.8) is 0 Å². The summed E-state index contributed by atoms with van der Waals surface area (Å²) < 4.78 is 33.5. The molecule has 0 radical (unpaired) electrons. The fraction of sp³-hybridized carbons (Fsp3) is 0.333. The monoisotopic (exact) mass is 450 g/mol. The molecule has 1 amide bonds. The van der Waals surface area contributed by atoms with E-state index in [4.69, 9.17) is 4.74 Å². The van der Waals surface area contributed by atoms with E-state index >= 15 is 0 Å². The number of sulfonamides is 1. The third-order valence-corrected chi connectivity index (χ3v) is 6.42. The third kappa shape index (κ3) is 5.76. The van der Waals surface area contributed by atoms with Crippen LogP contribution in [-0.2, 0) is 19.6 Å². The zero-order valence-electron chi connectivity index (χ0n) is 17.6. The maximum absolute atomic E-state index is 13.0. The first-order valence-corrected chi connectivity index (χ1v) is 12.1. The van der Waals surface area contributed by atoms with Crippen LogP contribution in [0, 0.1) is 12.8 Å². The lowest BCUT2D eigenvalue weighted by molar-refractivity contribution is -0.118. The normalized spacial score (nSPS) is 11.3. The Morgan fingerprint density at radius 3 is 2.40 bits per heavy atom. The van der Waals surface area contributed by atoms with Crippen LogP contribution in [0.3, 0.4) is 0 Å². The van der Waals surface area contributed by atoms with E-state index in [1.807, 2.05) is 6.26 Å². The summed E-state index contributed by atoms with van der Waals surface area (Å²) in [6.07, 6.45) is 1.84. The SMILES string of the molecule is CCOC(=O)c1ccc(C)c(NS(=O)(=O)c2ccc(SC)c(NC(=O)C(C)C)c2)c1. The highest BCUT2D eigenvalue weighted by Gasteiger charge is 2.20. The second-order valence-corrected chi connectivity index (χ2v) is 9.39. The number of esters is 1. The molecule has 0 atom stereocenters. The summed E-state index contributed by atoms with van der Waals surface area (Å²) in [5.41, 5.74) is 1.62. The van der Waals surface area contributed by atoms with Gasteiger partial charge in [0.05, 0.1) is 28.4 Å². The number of nitrogens with one attached hydrogen (secondary N) is 2. The van der Waals surface area contributed by atoms with E-state index in [1.165, 1.54) is 30.0 Å². The lowest BCUT2D eigenvalue weighted by Crippen LogP contribution is -2.19. The van der Waals surface area contributed by atoms with Crippen molar-refractivity contribution in [3.8, 4) is 0 Å². The molecule has 0 unspecified atom stereocenters. The van der Waals surface area contributed by atoms with E-state index in [-0.39, 0.29) is 34.6 Å². The van der Waals surface area contributed by atoms with E-state index in [1.54, 1.807) is 45.9 Å². The maximum Gasteiger partial charge on any atom is 0.338 e. The van der Waals surface area contributed by atoms with Crippen molar-refractivity contribution >= 4 is 45.0 Å². The number of rotatable bonds is 8. The average Bonchev–Trinajstić information content (AvgIpc) is 2.69. The van der Waals surface area contributed by atoms with Crippen LogP contribution >= 0.6 is 11.8 Å². The largest absolute Gasteiger partial charge is 0.462 e. The number of ether oxygens (including phenoxy) is 1. The summed E-state index contributed by atoms with van der Waals surface area (Å²) >= 11 is 1.40. The van der Waals surface area contributed by atoms with Crippen molar-refractivity contribution in [3.05, 3.63) is 47.5 Å². The molecule has 0 heterocycles. The molecule has 0 aliphatic heterocycles. The van der Waals surface area contributed by atoms with Gasteiger partial charge in [-0.2, -0.15) is 0 Å². The number of amides is 1. The summed E-state index contributed by atoms with van der Waals surface area (Å²) in [7, 11) is -3.96. The Balaban J connectivity index is 2.39. The van der Waals surface area contributed by atoms with Crippen LogP contribution in [0.4, 0.5) is 11.4 Å². The van der Waals surface area contributed by atoms with Crippen molar-refractivity contribution in [2.24, 2.45) is 5.92 Å². The van der Waals surface area contributed by atoms with E-state index < -0.39 is 16.0 Å². The molecule has 0 fully saturated rings. The van der Waals surface area contributed by atoms with E-state index in [9.17, 15) is 18.0 Å². The van der Waals surface area contributed by atoms with Gasteiger partial charge in [0.25, 0.3) is 10.0 Å². The first-order valence-electron chi connectivity index (χ1n) is 9.38. The zero-order chi connectivity index (χ0) is 22.5. The molecular weight excluding hydrogens is 424 g/mol. The molecule has 2 aromatic rings. The summed E-state index contributed by atoms with van der Waals surface area (Å²) in [5, 5.41) is 2.77. The highest BCUT2D eigenvalue weighted by Crippen LogP contribution is 2.30. The van der Waals surface area contributed by atoms with Gasteiger partial charge >= 0.3 is 5.97 Å². The number of carbonyl (C=O) groups excluding carboxylic acids is 2. The van der Waals surface area contributed by atoms with Gasteiger partial charge in [-0.15, -0.1) is 11.8 Å². The van der Waals surface area contributed by atoms with Crippen LogP contribution in [-0.4, -0.2) is 33.2 Å². The molecule has 0 saturated carbocycles. The molecule has 2 rings (SSSR count). The standard InChI is InChI=1S/C21H26N2O5S2/c1-6-28-21(25)15-8-7-14(4)17(11-15)23-30(26,27)16-9-10-19(29-5)18(12-16)22-20(24)13(2)3/h7-13,23H,6H2,1-5H3,(H,22,24). The molecule has 9 heteroatoms. The molecule has 162 valence electrons. The van der Waals surface area contributed by atoms with Crippen LogP contribution in [0.2, 0.25) is 0 Å². The molecule has 30 heavy (non-hydrogen) atoms. The minimum atomic E-state index is -3.96. The quantitative estimate of drug-likeness (QED) is 0.460. The number of aryl methyl sites for hydroxylation is 1. The second kappa shape index (κ2) is 9.99. The Labute approximate surface area is 181 Å². The molecule has 0 spiro atoms. The van der Waals surface area contributed by atoms with Gasteiger partial charge in [0.15, 0.2) is 0 Å². The van der Waals surface area contributed by atoms with Gasteiger partial charge in [0.2, 0.25) is 5.91 Å². The van der Waals surface area contributed by atoms with Gasteiger partial charge in [-0.05, 0) is 56.0 Å². The molecule has 0 aliphatic carbocycles. The molecule has 0 aliphatic rings. The van der Waals surface area contributed by atoms with Crippen molar-refractivity contribution in [2.45, 2.75) is 37.5 Å². The maximum atomic E-state index is 13.0. The van der Waals surface area contributed by atoms with Crippen LogP contribution in [0.1, 0.15) is 36.7 Å². The lowest BCUT2D eigenvalue weighted by atomic mass is 10.1. The first kappa shape index (κ1) is 23.8. The number of thioether (sulfide) groups is 1. The number of anilines is 2. The van der Waals surface area contributed by atoms with Gasteiger partial charge < -0.3 is 10.1 Å². The van der Waals surface area contributed by atoms with Gasteiger partial charge in [-0.3, -0.25) is 9.52 Å². The fourth-order valence-electron chi connectivity index (χ4n) is 2.51. The topological polar surface area (TPSA) is 102 Å². The summed E-state index contributed by atoms with van der Waals surface area (Å²) in [6.45, 7) is 7.17. The highest BCUT2D eigenvalue weighted by molar-refractivity contribution is 7.98. The summed E-state index contributed by atoms with van der Waals surface area (Å²) in [5.74, 6) is -0.974. The van der Waals surface area contributed by atoms with Gasteiger partial charge in [-0.25, -0.2) is 13.2 Å². The molecule has 0 aromatic heterocycles. The number of benzene rings is 2. The second-order valence-electron chi connectivity index (χ2n) is 6.86. The van der Waals surface area contributed by atoms with Crippen molar-refractivity contribution in [2.75, 3.05) is 22.9 Å². The van der Waals surface area contributed by atoms with Gasteiger partial charge in [-0.1, -0.05) is 19.9 Å². The van der Waals surface area contributed by atoms with Crippen molar-refractivity contribution < 1.29 is 22.7 Å². The van der Waals surface area contributed by atoms with Crippen LogP contribution in [0.15, 0.2) is 46.2 Å². The molecule has 2 N–H and O–H groups in total. The van der Waals surface area contributed by atoms with Gasteiger partial charge in [0, 0.05) is 10.8 Å². The minimum Gasteiger partial charge on any atom is -0.462 e. The molecule has 0 saturated heterocycles. The van der Waals surface area contributed by atoms with E-state index in [0.717, 1.165) is 4.90 Å². The van der Waals surface area contributed by atoms with E-state index in [0.29, 0.717) is 11.3 Å². The summed E-state index contributed by atoms with van der Waals surface area (Å²) in [4.78, 5) is 24.8. The van der Waals surface area contributed by atoms with Crippen LogP contribution in [0.5, 0.6) is 0 Å². The Kier molecular flexibility index (Phi) is 7.91. The first-order chi connectivity index (χ1) is 14.1. The number of hydrogen-bond donors (Lipinski definition) is 2. The van der Waals surface area contributed by atoms with Crippen LogP contribution < -0.4 is 10.0 Å². The molecule has 2 aromatic carbocycles. The Bertz CT molecular complexity index is 1050. The fourth-order valence-corrected chi connectivity index (χ4v) is 4.19. The highest BCUT2D eigenvalue weighted by atomic mass is 32.2. The van der Waals surface area contributed by atoms with E-state index in [2.05, 4.69) is 10.0 Å². The molecule has 0 bridgehead atoms. The smallest absolute Gasteiger partial charge is 0.338 e. The lowest BCUT2D eigenvalue weighted by Gasteiger charge is -2.15. The predicted molar refractivity (Wildman–Crippen MR) is 120 cm³/mol. The van der Waals surface area contributed by atoms with Crippen molar-refractivity contribution in [1.82, 2.24) is 0 Å².